The number of carbonyl (C=O) groups is 2. The van der Waals surface area contributed by atoms with Crippen molar-refractivity contribution in [1.29, 1.82) is 0 Å². The predicted octanol–water partition coefficient (Wildman–Crippen LogP) is 3.98. The predicted molar refractivity (Wildman–Crippen MR) is 111 cm³/mol. The van der Waals surface area contributed by atoms with Gasteiger partial charge in [0.15, 0.2) is 0 Å². The molecular weight excluding hydrogens is 423 g/mol. The second-order valence-electron chi connectivity index (χ2n) is 7.54. The van der Waals surface area contributed by atoms with Gasteiger partial charge < -0.3 is 10.2 Å². The van der Waals surface area contributed by atoms with Crippen molar-refractivity contribution in [3.63, 3.8) is 0 Å². The molecule has 1 fully saturated rings. The lowest BCUT2D eigenvalue weighted by atomic mass is 9.96. The highest BCUT2D eigenvalue weighted by atomic mass is 19.4. The molecule has 2 aromatic heterocycles. The van der Waals surface area contributed by atoms with E-state index in [1.807, 2.05) is 6.07 Å². The van der Waals surface area contributed by atoms with Crippen molar-refractivity contribution in [3.8, 4) is 11.4 Å². The average molecular weight is 443 g/mol. The highest BCUT2D eigenvalue weighted by molar-refractivity contribution is 5.95. The minimum absolute atomic E-state index is 0.0712. The van der Waals surface area contributed by atoms with Crippen LogP contribution in [0.4, 0.5) is 18.9 Å². The number of hydrogen-bond donors (Lipinski definition) is 2. The highest BCUT2D eigenvalue weighted by Crippen LogP contribution is 2.31. The normalized spacial score (nSPS) is 16.6. The first-order valence-corrected chi connectivity index (χ1v) is 10.1. The average Bonchev–Trinajstić information content (AvgIpc) is 3.29. The van der Waals surface area contributed by atoms with Gasteiger partial charge in [0, 0.05) is 25.0 Å². The first-order valence-electron chi connectivity index (χ1n) is 10.1. The Labute approximate surface area is 181 Å². The van der Waals surface area contributed by atoms with Gasteiger partial charge in [-0.15, -0.1) is 0 Å². The molecule has 166 valence electrons. The third-order valence-corrected chi connectivity index (χ3v) is 5.27. The van der Waals surface area contributed by atoms with E-state index in [0.29, 0.717) is 30.8 Å². The lowest BCUT2D eigenvalue weighted by molar-refractivity contribution is -0.137. The Balaban J connectivity index is 1.42. The second-order valence-corrected chi connectivity index (χ2v) is 7.54. The summed E-state index contributed by atoms with van der Waals surface area (Å²) >= 11 is 0. The number of nitrogens with one attached hydrogen (secondary N) is 2. The van der Waals surface area contributed by atoms with Crippen molar-refractivity contribution in [1.82, 2.24) is 20.1 Å². The van der Waals surface area contributed by atoms with Gasteiger partial charge >= 0.3 is 6.18 Å². The monoisotopic (exact) mass is 443 g/mol. The van der Waals surface area contributed by atoms with Crippen molar-refractivity contribution in [2.75, 3.05) is 18.4 Å². The summed E-state index contributed by atoms with van der Waals surface area (Å²) in [6.45, 7) is 0.645. The van der Waals surface area contributed by atoms with E-state index in [4.69, 9.17) is 0 Å². The van der Waals surface area contributed by atoms with E-state index in [0.717, 1.165) is 12.1 Å². The Morgan fingerprint density at radius 3 is 2.69 bits per heavy atom. The molecule has 1 aromatic carbocycles. The number of hydrogen-bond acceptors (Lipinski definition) is 4. The van der Waals surface area contributed by atoms with Crippen LogP contribution in [0.3, 0.4) is 0 Å². The third-order valence-electron chi connectivity index (χ3n) is 5.27. The molecule has 0 aliphatic carbocycles. The Morgan fingerprint density at radius 1 is 1.09 bits per heavy atom. The fourth-order valence-electron chi connectivity index (χ4n) is 3.64. The van der Waals surface area contributed by atoms with E-state index in [1.54, 1.807) is 29.3 Å². The number of rotatable bonds is 4. The van der Waals surface area contributed by atoms with E-state index >= 15 is 0 Å². The summed E-state index contributed by atoms with van der Waals surface area (Å²) in [5.74, 6) is -1.24. The molecule has 4 rings (SSSR count). The van der Waals surface area contributed by atoms with Crippen LogP contribution < -0.4 is 5.32 Å². The molecule has 2 amide bonds. The van der Waals surface area contributed by atoms with Crippen LogP contribution in [0, 0.1) is 5.92 Å². The summed E-state index contributed by atoms with van der Waals surface area (Å²) in [5, 5.41) is 9.40. The maximum atomic E-state index is 12.9. The number of nitrogens with zero attached hydrogens (tertiary/aromatic N) is 3. The largest absolute Gasteiger partial charge is 0.416 e. The molecule has 1 aliphatic rings. The van der Waals surface area contributed by atoms with Crippen LogP contribution in [-0.4, -0.2) is 45.0 Å². The van der Waals surface area contributed by atoms with Crippen LogP contribution >= 0.6 is 0 Å². The van der Waals surface area contributed by atoms with Crippen LogP contribution in [0.15, 0.2) is 54.7 Å². The minimum Gasteiger partial charge on any atom is -0.337 e. The summed E-state index contributed by atoms with van der Waals surface area (Å²) in [6.07, 6.45) is -1.72. The van der Waals surface area contributed by atoms with E-state index in [2.05, 4.69) is 20.5 Å². The van der Waals surface area contributed by atoms with Crippen LogP contribution in [0.5, 0.6) is 0 Å². The molecule has 32 heavy (non-hydrogen) atoms. The number of aromatic amines is 1. The number of pyridine rings is 1. The van der Waals surface area contributed by atoms with E-state index in [9.17, 15) is 22.8 Å². The molecule has 3 aromatic rings. The number of alkyl halides is 3. The summed E-state index contributed by atoms with van der Waals surface area (Å²) in [6, 6.07) is 11.5. The minimum atomic E-state index is -4.49. The van der Waals surface area contributed by atoms with E-state index in [1.165, 1.54) is 12.1 Å². The molecule has 0 saturated carbocycles. The lowest BCUT2D eigenvalue weighted by Crippen LogP contribution is -2.43. The van der Waals surface area contributed by atoms with Crippen molar-refractivity contribution in [2.24, 2.45) is 5.92 Å². The van der Waals surface area contributed by atoms with Crippen molar-refractivity contribution in [3.05, 3.63) is 66.0 Å². The Kier molecular flexibility index (Phi) is 5.93. The van der Waals surface area contributed by atoms with Crippen molar-refractivity contribution >= 4 is 17.5 Å². The number of H-pyrrole nitrogens is 1. The van der Waals surface area contributed by atoms with Gasteiger partial charge in [0.25, 0.3) is 5.91 Å². The summed E-state index contributed by atoms with van der Waals surface area (Å²) < 4.78 is 38.7. The van der Waals surface area contributed by atoms with Crippen LogP contribution in [0.2, 0.25) is 0 Å². The van der Waals surface area contributed by atoms with Crippen LogP contribution in [-0.2, 0) is 11.0 Å². The third kappa shape index (κ3) is 4.79. The number of carbonyl (C=O) groups excluding carboxylic acids is 2. The molecular formula is C22H20F3N5O2. The highest BCUT2D eigenvalue weighted by Gasteiger charge is 2.32. The molecule has 1 aliphatic heterocycles. The molecule has 2 N–H and O–H groups in total. The SMILES string of the molecule is O=C(Nc1cccc(C(F)(F)F)c1)C1CCCN(C(=O)c2cc(-c3ccccn3)n[nH]2)C1. The van der Waals surface area contributed by atoms with Gasteiger partial charge in [-0.1, -0.05) is 12.1 Å². The number of benzene rings is 1. The molecule has 0 spiro atoms. The van der Waals surface area contributed by atoms with Crippen molar-refractivity contribution < 1.29 is 22.8 Å². The maximum absolute atomic E-state index is 12.9. The maximum Gasteiger partial charge on any atom is 0.416 e. The molecule has 3 heterocycles. The van der Waals surface area contributed by atoms with Gasteiger partial charge in [-0.05, 0) is 49.2 Å². The number of anilines is 1. The molecule has 7 nitrogen and oxygen atoms in total. The number of aromatic nitrogens is 3. The van der Waals surface area contributed by atoms with E-state index < -0.39 is 23.6 Å². The number of halogens is 3. The summed E-state index contributed by atoms with van der Waals surface area (Å²) in [7, 11) is 0. The van der Waals surface area contributed by atoms with Crippen molar-refractivity contribution in [2.45, 2.75) is 19.0 Å². The Morgan fingerprint density at radius 2 is 1.94 bits per heavy atom. The zero-order valence-electron chi connectivity index (χ0n) is 16.9. The van der Waals surface area contributed by atoms with E-state index in [-0.39, 0.29) is 23.8 Å². The molecule has 0 bridgehead atoms. The fourth-order valence-corrected chi connectivity index (χ4v) is 3.64. The zero-order valence-corrected chi connectivity index (χ0v) is 16.9. The van der Waals surface area contributed by atoms with Gasteiger partial charge in [-0.25, -0.2) is 0 Å². The lowest BCUT2D eigenvalue weighted by Gasteiger charge is -2.31. The number of piperidine rings is 1. The Hall–Kier alpha value is -3.69. The summed E-state index contributed by atoms with van der Waals surface area (Å²) in [4.78, 5) is 31.3. The molecule has 1 unspecified atom stereocenters. The van der Waals surface area contributed by atoms with Gasteiger partial charge in [-0.2, -0.15) is 18.3 Å². The standard InChI is InChI=1S/C22H20F3N5O2/c23-22(24,25)15-6-3-7-16(11-15)27-20(31)14-5-4-10-30(13-14)21(32)19-12-18(28-29-19)17-8-1-2-9-26-17/h1-3,6-9,11-12,14H,4-5,10,13H2,(H,27,31)(H,28,29). The molecule has 10 heteroatoms. The quantitative estimate of drug-likeness (QED) is 0.638. The molecule has 1 saturated heterocycles. The first kappa shape index (κ1) is 21.5. The van der Waals surface area contributed by atoms with Gasteiger partial charge in [-0.3, -0.25) is 19.7 Å². The summed E-state index contributed by atoms with van der Waals surface area (Å²) in [5.41, 5.74) is 0.676. The number of amides is 2. The molecule has 0 radical (unpaired) electrons. The van der Waals surface area contributed by atoms with Gasteiger partial charge in [0.1, 0.15) is 11.4 Å². The van der Waals surface area contributed by atoms with Gasteiger partial charge in [0.05, 0.1) is 17.2 Å². The van der Waals surface area contributed by atoms with Crippen LogP contribution in [0.25, 0.3) is 11.4 Å². The second kappa shape index (κ2) is 8.81. The zero-order chi connectivity index (χ0) is 22.7. The van der Waals surface area contributed by atoms with Crippen LogP contribution in [0.1, 0.15) is 28.9 Å². The smallest absolute Gasteiger partial charge is 0.337 e. The fraction of sp³-hybridized carbons (Fsp3) is 0.273. The van der Waals surface area contributed by atoms with Gasteiger partial charge in [0.2, 0.25) is 5.91 Å². The number of likely N-dealkylation sites (tertiary alicyclic amines) is 1. The topological polar surface area (TPSA) is 91.0 Å². The first-order chi connectivity index (χ1) is 15.3. The Bertz CT molecular complexity index is 1110. The molecule has 1 atom stereocenters.